The normalized spacial score (nSPS) is 12.4. The Morgan fingerprint density at radius 1 is 1.33 bits per heavy atom. The van der Waals surface area contributed by atoms with Gasteiger partial charge >= 0.3 is 6.18 Å². The van der Waals surface area contributed by atoms with Crippen molar-refractivity contribution in [3.05, 3.63) is 33.3 Å². The van der Waals surface area contributed by atoms with E-state index < -0.39 is 51.1 Å². The molecule has 6 nitrogen and oxygen atoms in total. The minimum atomic E-state index is -4.38. The van der Waals surface area contributed by atoms with Crippen molar-refractivity contribution in [1.82, 2.24) is 4.72 Å². The third-order valence-corrected chi connectivity index (χ3v) is 4.29. The molecule has 21 heavy (non-hydrogen) atoms. The van der Waals surface area contributed by atoms with Gasteiger partial charge in [0, 0.05) is 25.1 Å². The van der Waals surface area contributed by atoms with E-state index in [0.717, 1.165) is 18.2 Å². The predicted octanol–water partition coefficient (Wildman–Crippen LogP) is 2.87. The molecule has 0 fully saturated rings. The van der Waals surface area contributed by atoms with Gasteiger partial charge in [-0.15, -0.1) is 0 Å². The quantitative estimate of drug-likeness (QED) is 0.487. The molecule has 0 radical (unpaired) electrons. The van der Waals surface area contributed by atoms with Gasteiger partial charge in [0.15, 0.2) is 0 Å². The van der Waals surface area contributed by atoms with E-state index in [1.807, 2.05) is 4.72 Å². The van der Waals surface area contributed by atoms with Crippen molar-refractivity contribution < 1.29 is 26.5 Å². The lowest BCUT2D eigenvalue weighted by atomic mass is 10.3. The van der Waals surface area contributed by atoms with Crippen molar-refractivity contribution in [1.29, 1.82) is 0 Å². The lowest BCUT2D eigenvalue weighted by Gasteiger charge is -2.09. The van der Waals surface area contributed by atoms with Crippen molar-refractivity contribution in [3.63, 3.8) is 0 Å². The molecule has 0 aromatic heterocycles. The summed E-state index contributed by atoms with van der Waals surface area (Å²) in [7, 11) is -4.22. The number of benzene rings is 1. The first-order valence-corrected chi connectivity index (χ1v) is 7.39. The van der Waals surface area contributed by atoms with Crippen LogP contribution in [0.4, 0.5) is 18.9 Å². The lowest BCUT2D eigenvalue weighted by Crippen LogP contribution is -2.26. The molecule has 0 saturated heterocycles. The zero-order valence-corrected chi connectivity index (χ0v) is 11.9. The molecule has 0 aliphatic rings. The molecule has 0 unspecified atom stereocenters. The zero-order valence-electron chi connectivity index (χ0n) is 10.4. The van der Waals surface area contributed by atoms with Crippen LogP contribution in [0.5, 0.6) is 0 Å². The van der Waals surface area contributed by atoms with Gasteiger partial charge in [-0.05, 0) is 12.5 Å². The fourth-order valence-electron chi connectivity index (χ4n) is 1.38. The number of halogens is 4. The molecule has 0 bridgehead atoms. The number of nitro groups is 1. The average Bonchev–Trinajstić information content (AvgIpc) is 2.33. The van der Waals surface area contributed by atoms with E-state index in [4.69, 9.17) is 11.6 Å². The van der Waals surface area contributed by atoms with Crippen molar-refractivity contribution in [2.45, 2.75) is 23.9 Å². The molecule has 0 amide bonds. The van der Waals surface area contributed by atoms with Gasteiger partial charge in [-0.25, -0.2) is 13.1 Å². The number of nitro benzene ring substituents is 1. The second-order valence-corrected chi connectivity index (χ2v) is 6.13. The highest BCUT2D eigenvalue weighted by atomic mass is 35.5. The van der Waals surface area contributed by atoms with E-state index in [2.05, 4.69) is 0 Å². The largest absolute Gasteiger partial charge is 0.389 e. The Morgan fingerprint density at radius 2 is 1.95 bits per heavy atom. The topological polar surface area (TPSA) is 89.3 Å². The Bertz CT molecular complexity index is 634. The molecule has 0 spiro atoms. The SMILES string of the molecule is O=[N+]([O-])c1ccc(Cl)c(S(=O)(=O)NCCCC(F)(F)F)c1. The second kappa shape index (κ2) is 6.58. The summed E-state index contributed by atoms with van der Waals surface area (Å²) >= 11 is 5.65. The van der Waals surface area contributed by atoms with Gasteiger partial charge in [0.25, 0.3) is 5.69 Å². The van der Waals surface area contributed by atoms with E-state index in [1.54, 1.807) is 0 Å². The van der Waals surface area contributed by atoms with E-state index >= 15 is 0 Å². The molecule has 0 heterocycles. The number of hydrogen-bond donors (Lipinski definition) is 1. The predicted molar refractivity (Wildman–Crippen MR) is 68.6 cm³/mol. The van der Waals surface area contributed by atoms with Crippen LogP contribution >= 0.6 is 11.6 Å². The number of hydrogen-bond acceptors (Lipinski definition) is 4. The van der Waals surface area contributed by atoms with Crippen molar-refractivity contribution in [2.24, 2.45) is 0 Å². The van der Waals surface area contributed by atoms with E-state index in [1.165, 1.54) is 0 Å². The van der Waals surface area contributed by atoms with E-state index in [9.17, 15) is 31.7 Å². The second-order valence-electron chi connectivity index (χ2n) is 3.99. The van der Waals surface area contributed by atoms with Crippen LogP contribution in [0.15, 0.2) is 23.1 Å². The Kier molecular flexibility index (Phi) is 5.54. The van der Waals surface area contributed by atoms with Crippen molar-refractivity contribution in [2.75, 3.05) is 6.54 Å². The maximum atomic E-state index is 11.9. The van der Waals surface area contributed by atoms with Gasteiger partial charge < -0.3 is 0 Å². The van der Waals surface area contributed by atoms with Gasteiger partial charge in [0.2, 0.25) is 10.0 Å². The minimum absolute atomic E-state index is 0.260. The standard InChI is InChI=1S/C10H10ClF3N2O4S/c11-8-3-2-7(16(17)18)6-9(8)21(19,20)15-5-1-4-10(12,13)14/h2-3,6,15H,1,4-5H2. The van der Waals surface area contributed by atoms with Crippen molar-refractivity contribution in [3.8, 4) is 0 Å². The molecular formula is C10H10ClF3N2O4S. The first-order valence-electron chi connectivity index (χ1n) is 5.53. The summed E-state index contributed by atoms with van der Waals surface area (Å²) in [5.41, 5.74) is -0.491. The Balaban J connectivity index is 2.83. The van der Waals surface area contributed by atoms with Crippen LogP contribution in [0.3, 0.4) is 0 Å². The number of rotatable bonds is 6. The summed E-state index contributed by atoms with van der Waals surface area (Å²) in [6, 6.07) is 2.80. The number of non-ortho nitro benzene ring substituents is 1. The average molecular weight is 347 g/mol. The van der Waals surface area contributed by atoms with Crippen LogP contribution < -0.4 is 4.72 Å². The smallest absolute Gasteiger partial charge is 0.258 e. The maximum absolute atomic E-state index is 11.9. The summed E-state index contributed by atoms with van der Waals surface area (Å²) in [4.78, 5) is 9.23. The molecule has 1 aromatic rings. The summed E-state index contributed by atoms with van der Waals surface area (Å²) in [6.07, 6.45) is -5.97. The van der Waals surface area contributed by atoms with Crippen LogP contribution in [0.2, 0.25) is 5.02 Å². The van der Waals surface area contributed by atoms with Crippen LogP contribution in [-0.2, 0) is 10.0 Å². The van der Waals surface area contributed by atoms with Crippen LogP contribution in [0, 0.1) is 10.1 Å². The molecular weight excluding hydrogens is 337 g/mol. The monoisotopic (exact) mass is 346 g/mol. The summed E-state index contributed by atoms with van der Waals surface area (Å²) in [5.74, 6) is 0. The molecule has 1 rings (SSSR count). The highest BCUT2D eigenvalue weighted by Gasteiger charge is 2.27. The maximum Gasteiger partial charge on any atom is 0.389 e. The van der Waals surface area contributed by atoms with Gasteiger partial charge in [-0.2, -0.15) is 13.2 Å². The fourth-order valence-corrected chi connectivity index (χ4v) is 2.98. The first kappa shape index (κ1) is 17.7. The number of alkyl halides is 3. The third kappa shape index (κ3) is 5.48. The minimum Gasteiger partial charge on any atom is -0.258 e. The van der Waals surface area contributed by atoms with E-state index in [-0.39, 0.29) is 5.02 Å². The summed E-state index contributed by atoms with van der Waals surface area (Å²) < 4.78 is 61.4. The fraction of sp³-hybridized carbons (Fsp3) is 0.400. The van der Waals surface area contributed by atoms with Crippen LogP contribution in [0.25, 0.3) is 0 Å². The number of sulfonamides is 1. The molecule has 0 saturated carbocycles. The molecule has 1 aromatic carbocycles. The first-order chi connectivity index (χ1) is 9.53. The van der Waals surface area contributed by atoms with Crippen LogP contribution in [0.1, 0.15) is 12.8 Å². The van der Waals surface area contributed by atoms with Gasteiger partial charge in [0.1, 0.15) is 4.90 Å². The summed E-state index contributed by atoms with van der Waals surface area (Å²) in [6.45, 7) is -0.457. The van der Waals surface area contributed by atoms with Gasteiger partial charge in [-0.3, -0.25) is 10.1 Å². The molecule has 1 N–H and O–H groups in total. The molecule has 0 atom stereocenters. The molecule has 11 heteroatoms. The Labute approximate surface area is 123 Å². The highest BCUT2D eigenvalue weighted by molar-refractivity contribution is 7.89. The Hall–Kier alpha value is -1.39. The molecule has 118 valence electrons. The third-order valence-electron chi connectivity index (χ3n) is 2.34. The van der Waals surface area contributed by atoms with E-state index in [0.29, 0.717) is 0 Å². The number of nitrogens with one attached hydrogen (secondary N) is 1. The Morgan fingerprint density at radius 3 is 2.48 bits per heavy atom. The lowest BCUT2D eigenvalue weighted by molar-refractivity contribution is -0.385. The highest BCUT2D eigenvalue weighted by Crippen LogP contribution is 2.26. The molecule has 0 aliphatic heterocycles. The van der Waals surface area contributed by atoms with Gasteiger partial charge in [0.05, 0.1) is 9.95 Å². The summed E-state index contributed by atoms with van der Waals surface area (Å²) in [5, 5.41) is 10.3. The van der Waals surface area contributed by atoms with Gasteiger partial charge in [-0.1, -0.05) is 11.6 Å². The van der Waals surface area contributed by atoms with Crippen LogP contribution in [-0.4, -0.2) is 26.1 Å². The van der Waals surface area contributed by atoms with Crippen molar-refractivity contribution >= 4 is 27.3 Å². The number of nitrogens with zero attached hydrogens (tertiary/aromatic N) is 1. The molecule has 0 aliphatic carbocycles. The zero-order chi connectivity index (χ0) is 16.3.